The molecule has 1 aliphatic rings. The van der Waals surface area contributed by atoms with E-state index in [9.17, 15) is 18.0 Å². The van der Waals surface area contributed by atoms with Crippen molar-refractivity contribution in [1.29, 1.82) is 0 Å². The molecule has 7 nitrogen and oxygen atoms in total. The molecule has 0 spiro atoms. The summed E-state index contributed by atoms with van der Waals surface area (Å²) < 4.78 is 33.0. The number of hydrogen-bond acceptors (Lipinski definition) is 5. The Morgan fingerprint density at radius 3 is 2.48 bits per heavy atom. The highest BCUT2D eigenvalue weighted by molar-refractivity contribution is 7.92. The van der Waals surface area contributed by atoms with Crippen molar-refractivity contribution in [2.75, 3.05) is 23.2 Å². The molecule has 1 aromatic carbocycles. The third-order valence-corrected chi connectivity index (χ3v) is 7.18. The van der Waals surface area contributed by atoms with E-state index in [0.29, 0.717) is 29.8 Å². The molecule has 2 aromatic rings. The van der Waals surface area contributed by atoms with Crippen LogP contribution in [0.15, 0.2) is 24.3 Å². The average molecular weight is 419 g/mol. The first-order valence-electron chi connectivity index (χ1n) is 9.70. The van der Waals surface area contributed by atoms with Crippen LogP contribution in [0.3, 0.4) is 0 Å². The van der Waals surface area contributed by atoms with Crippen molar-refractivity contribution in [3.63, 3.8) is 0 Å². The summed E-state index contributed by atoms with van der Waals surface area (Å²) in [4.78, 5) is 24.9. The number of Topliss-reactive ketones (excluding diaryl/α,β-unsaturated/α-hetero) is 1. The van der Waals surface area contributed by atoms with Crippen molar-refractivity contribution >= 4 is 27.5 Å². The van der Waals surface area contributed by atoms with Crippen LogP contribution < -0.4 is 4.31 Å². The number of hydrogen-bond donors (Lipinski definition) is 0. The second kappa shape index (κ2) is 8.02. The molecule has 8 heteroatoms. The lowest BCUT2D eigenvalue weighted by Gasteiger charge is -2.18. The van der Waals surface area contributed by atoms with E-state index >= 15 is 0 Å². The van der Waals surface area contributed by atoms with Gasteiger partial charge in [-0.3, -0.25) is 9.10 Å². The summed E-state index contributed by atoms with van der Waals surface area (Å²) >= 11 is 0. The van der Waals surface area contributed by atoms with E-state index < -0.39 is 16.0 Å². The van der Waals surface area contributed by atoms with Gasteiger partial charge in [-0.15, -0.1) is 0 Å². The smallest absolute Gasteiger partial charge is 0.340 e. The van der Waals surface area contributed by atoms with Crippen LogP contribution in [0.2, 0.25) is 0 Å². The minimum Gasteiger partial charge on any atom is -0.454 e. The predicted molar refractivity (Wildman–Crippen MR) is 111 cm³/mol. The number of fused-ring (bicyclic) bond motifs is 1. The van der Waals surface area contributed by atoms with Crippen molar-refractivity contribution in [2.24, 2.45) is 0 Å². The van der Waals surface area contributed by atoms with E-state index in [1.165, 1.54) is 4.31 Å². The second-order valence-electron chi connectivity index (χ2n) is 7.09. The van der Waals surface area contributed by atoms with Crippen molar-refractivity contribution in [2.45, 2.75) is 40.7 Å². The van der Waals surface area contributed by atoms with E-state index in [0.717, 1.165) is 23.5 Å². The Balaban J connectivity index is 1.70. The summed E-state index contributed by atoms with van der Waals surface area (Å²) in [7, 11) is -3.33. The maximum Gasteiger partial charge on any atom is 0.340 e. The number of aryl methyl sites for hydroxylation is 1. The zero-order valence-electron chi connectivity index (χ0n) is 17.2. The van der Waals surface area contributed by atoms with Crippen LogP contribution in [0.4, 0.5) is 5.69 Å². The van der Waals surface area contributed by atoms with Gasteiger partial charge in [0.1, 0.15) is 0 Å². The molecule has 0 aliphatic carbocycles. The molecule has 0 saturated heterocycles. The summed E-state index contributed by atoms with van der Waals surface area (Å²) in [5, 5.41) is 0. The van der Waals surface area contributed by atoms with Crippen LogP contribution >= 0.6 is 0 Å². The molecule has 0 fully saturated rings. The lowest BCUT2D eigenvalue weighted by Crippen LogP contribution is -2.30. The number of sulfonamides is 1. The first kappa shape index (κ1) is 21.1. The van der Waals surface area contributed by atoms with E-state index in [-0.39, 0.29) is 18.1 Å². The Hall–Kier alpha value is -2.61. The van der Waals surface area contributed by atoms with Gasteiger partial charge < -0.3 is 9.30 Å². The van der Waals surface area contributed by atoms with Gasteiger partial charge in [-0.1, -0.05) is 0 Å². The first-order chi connectivity index (χ1) is 13.7. The fourth-order valence-corrected chi connectivity index (χ4v) is 4.94. The van der Waals surface area contributed by atoms with Gasteiger partial charge in [0, 0.05) is 30.0 Å². The van der Waals surface area contributed by atoms with Crippen molar-refractivity contribution < 1.29 is 22.7 Å². The lowest BCUT2D eigenvalue weighted by atomic mass is 10.1. The summed E-state index contributed by atoms with van der Waals surface area (Å²) in [6, 6.07) is 6.70. The van der Waals surface area contributed by atoms with Gasteiger partial charge in [0.15, 0.2) is 12.4 Å². The number of ketones is 1. The fraction of sp³-hybridized carbons (Fsp3) is 0.429. The van der Waals surface area contributed by atoms with E-state index in [4.69, 9.17) is 4.74 Å². The second-order valence-corrected chi connectivity index (χ2v) is 9.28. The van der Waals surface area contributed by atoms with Crippen LogP contribution in [0.5, 0.6) is 0 Å². The van der Waals surface area contributed by atoms with E-state index in [2.05, 4.69) is 0 Å². The molecule has 156 valence electrons. The molecule has 1 aliphatic heterocycles. The van der Waals surface area contributed by atoms with Crippen LogP contribution in [0.1, 0.15) is 51.5 Å². The Morgan fingerprint density at radius 2 is 1.86 bits per heavy atom. The number of benzene rings is 1. The van der Waals surface area contributed by atoms with Gasteiger partial charge in [0.2, 0.25) is 10.0 Å². The molecule has 0 unspecified atom stereocenters. The van der Waals surface area contributed by atoms with Crippen molar-refractivity contribution in [1.82, 2.24) is 4.57 Å². The number of ether oxygens (including phenoxy) is 1. The van der Waals surface area contributed by atoms with Gasteiger partial charge in [-0.2, -0.15) is 0 Å². The molecule has 0 radical (unpaired) electrons. The third-order valence-electron chi connectivity index (χ3n) is 5.40. The summed E-state index contributed by atoms with van der Waals surface area (Å²) in [6.07, 6.45) is 0.554. The summed E-state index contributed by atoms with van der Waals surface area (Å²) in [6.45, 7) is 8.16. The molecular formula is C21H26N2O5S. The van der Waals surface area contributed by atoms with Crippen LogP contribution in [-0.2, 0) is 27.7 Å². The monoisotopic (exact) mass is 418 g/mol. The largest absolute Gasteiger partial charge is 0.454 e. The molecule has 0 atom stereocenters. The molecule has 29 heavy (non-hydrogen) atoms. The third kappa shape index (κ3) is 3.94. The Labute approximate surface area is 171 Å². The fourth-order valence-electron chi connectivity index (χ4n) is 3.78. The molecule has 3 rings (SSSR count). The van der Waals surface area contributed by atoms with Gasteiger partial charge >= 0.3 is 5.97 Å². The van der Waals surface area contributed by atoms with Crippen LogP contribution in [-0.4, -0.2) is 43.6 Å². The van der Waals surface area contributed by atoms with E-state index in [1.807, 2.05) is 25.3 Å². The minimum absolute atomic E-state index is 0.0295. The summed E-state index contributed by atoms with van der Waals surface area (Å²) in [5.74, 6) is -0.809. The number of rotatable bonds is 7. The average Bonchev–Trinajstić information content (AvgIpc) is 3.26. The molecule has 2 heterocycles. The highest BCUT2D eigenvalue weighted by Crippen LogP contribution is 2.31. The maximum atomic E-state index is 12.5. The van der Waals surface area contributed by atoms with Gasteiger partial charge in [0.25, 0.3) is 0 Å². The highest BCUT2D eigenvalue weighted by Gasteiger charge is 2.28. The SMILES string of the molecule is CCn1c(C)cc(C(=O)OCC(=O)c2ccc3c(c2)CCN3S(=O)(=O)CC)c1C. The Bertz CT molecular complexity index is 1070. The van der Waals surface area contributed by atoms with Crippen molar-refractivity contribution in [3.05, 3.63) is 52.3 Å². The molecule has 1 aromatic heterocycles. The molecule has 0 saturated carbocycles. The van der Waals surface area contributed by atoms with E-state index in [1.54, 1.807) is 31.2 Å². The summed E-state index contributed by atoms with van der Waals surface area (Å²) in [5.41, 5.74) is 4.08. The normalized spacial score (nSPS) is 13.4. The van der Waals surface area contributed by atoms with Crippen molar-refractivity contribution in [3.8, 4) is 0 Å². The lowest BCUT2D eigenvalue weighted by molar-refractivity contribution is 0.0474. The quantitative estimate of drug-likeness (QED) is 0.510. The predicted octanol–water partition coefficient (Wildman–Crippen LogP) is 2.88. The highest BCUT2D eigenvalue weighted by atomic mass is 32.2. The number of anilines is 1. The van der Waals surface area contributed by atoms with Gasteiger partial charge in [-0.05, 0) is 63.9 Å². The Kier molecular flexibility index (Phi) is 5.84. The maximum absolute atomic E-state index is 12.5. The van der Waals surface area contributed by atoms with Gasteiger partial charge in [-0.25, -0.2) is 13.2 Å². The van der Waals surface area contributed by atoms with Crippen LogP contribution in [0.25, 0.3) is 0 Å². The topological polar surface area (TPSA) is 85.7 Å². The Morgan fingerprint density at radius 1 is 1.14 bits per heavy atom. The van der Waals surface area contributed by atoms with Gasteiger partial charge in [0.05, 0.1) is 17.0 Å². The first-order valence-corrected chi connectivity index (χ1v) is 11.3. The zero-order valence-corrected chi connectivity index (χ0v) is 18.0. The van der Waals surface area contributed by atoms with Crippen LogP contribution in [0, 0.1) is 13.8 Å². The number of nitrogens with zero attached hydrogens (tertiary/aromatic N) is 2. The number of esters is 1. The molecule has 0 N–H and O–H groups in total. The number of carbonyl (C=O) groups excluding carboxylic acids is 2. The molecule has 0 amide bonds. The number of carbonyl (C=O) groups is 2. The molecule has 0 bridgehead atoms. The standard InChI is InChI=1S/C21H26N2O5S/c1-5-22-14(3)11-18(15(22)4)21(25)28-13-20(24)17-7-8-19-16(12-17)9-10-23(19)29(26,27)6-2/h7-8,11-12H,5-6,9-10,13H2,1-4H3. The minimum atomic E-state index is -3.33. The molecular weight excluding hydrogens is 392 g/mol. The zero-order chi connectivity index (χ0) is 21.3. The number of aromatic nitrogens is 1.